The Bertz CT molecular complexity index is 570. The monoisotopic (exact) mass is 574 g/mol. The van der Waals surface area contributed by atoms with Crippen molar-refractivity contribution in [1.82, 2.24) is 28.0 Å². The van der Waals surface area contributed by atoms with Gasteiger partial charge in [0, 0.05) is 0 Å². The second kappa shape index (κ2) is 14.0. The number of hydrogen-bond acceptors (Lipinski definition) is 10. The molecule has 0 saturated carbocycles. The summed E-state index contributed by atoms with van der Waals surface area (Å²) in [6, 6.07) is 0. The Morgan fingerprint density at radius 2 is 0.611 bits per heavy atom. The fourth-order valence-corrected chi connectivity index (χ4v) is 9.04. The summed E-state index contributed by atoms with van der Waals surface area (Å²) < 4.78 is 92.4. The second-order valence-corrected chi connectivity index (χ2v) is 16.8. The molecule has 0 amide bonds. The summed E-state index contributed by atoms with van der Waals surface area (Å²) in [4.78, 5) is 0. The molecule has 16 heteroatoms. The van der Waals surface area contributed by atoms with Crippen LogP contribution in [0.4, 0.5) is 16.8 Å². The minimum absolute atomic E-state index is 0.00117. The fraction of sp³-hybridized carbons (Fsp3) is 1.00. The molecular formula is C20H48F4N6O4P2. The van der Waals surface area contributed by atoms with Gasteiger partial charge in [0.1, 0.15) is 0 Å². The Kier molecular flexibility index (Phi) is 13.3. The molecule has 0 radical (unpaired) electrons. The molecule has 0 aromatic rings. The first-order valence-electron chi connectivity index (χ1n) is 12.0. The molecule has 1 aliphatic rings. The summed E-state index contributed by atoms with van der Waals surface area (Å²) in [5.74, 6) is 0. The van der Waals surface area contributed by atoms with E-state index in [1.807, 2.05) is 0 Å². The minimum atomic E-state index is -5.53. The molecule has 0 unspecified atom stereocenters. The van der Waals surface area contributed by atoms with Gasteiger partial charge >= 0.3 is 215 Å². The van der Waals surface area contributed by atoms with Crippen LogP contribution < -0.4 is 0 Å². The third kappa shape index (κ3) is 7.64. The van der Waals surface area contributed by atoms with Crippen molar-refractivity contribution in [2.75, 3.05) is 135 Å². The maximum absolute atomic E-state index is 16.0. The molecule has 10 nitrogen and oxygen atoms in total. The predicted octanol–water partition coefficient (Wildman–Crippen LogP) is 3.05. The fourth-order valence-electron chi connectivity index (χ4n) is 3.93. The molecule has 0 aromatic carbocycles. The third-order valence-electron chi connectivity index (χ3n) is 6.29. The van der Waals surface area contributed by atoms with Crippen LogP contribution in [0.1, 0.15) is 0 Å². The molecule has 0 N–H and O–H groups in total. The Labute approximate surface area is 215 Å². The molecule has 0 bridgehead atoms. The van der Waals surface area contributed by atoms with Crippen molar-refractivity contribution in [3.63, 3.8) is 0 Å². The first-order chi connectivity index (χ1) is 16.6. The van der Waals surface area contributed by atoms with E-state index in [4.69, 9.17) is 18.9 Å². The Hall–Kier alpha value is 0.180. The Morgan fingerprint density at radius 3 is 0.778 bits per heavy atom. The van der Waals surface area contributed by atoms with Crippen LogP contribution >= 0.6 is 15.4 Å². The zero-order valence-corrected chi connectivity index (χ0v) is 25.0. The summed E-state index contributed by atoms with van der Waals surface area (Å²) in [5.41, 5.74) is 0. The molecule has 0 aromatic heterocycles. The van der Waals surface area contributed by atoms with Gasteiger partial charge in [-0.05, 0) is 0 Å². The summed E-state index contributed by atoms with van der Waals surface area (Å²) in [5, 5.41) is 0. The van der Waals surface area contributed by atoms with Crippen LogP contribution in [0.15, 0.2) is 0 Å². The van der Waals surface area contributed by atoms with Crippen molar-refractivity contribution in [3.05, 3.63) is 0 Å². The first-order valence-corrected chi connectivity index (χ1v) is 15.8. The van der Waals surface area contributed by atoms with E-state index < -0.39 is 15.4 Å². The van der Waals surface area contributed by atoms with Gasteiger partial charge in [0.25, 0.3) is 0 Å². The standard InChI is InChI=1S/C20H48F4N6O4P2/c1-25(2)35(21,22,26(3)4)29-9-13-31-17-19-33-15-11-30(12-16-34-20-18-32-14-10-29)36(23,24,27(5)6)28(7)8/h9-20H2,1-8H3. The van der Waals surface area contributed by atoms with E-state index in [0.717, 1.165) is 28.0 Å². The van der Waals surface area contributed by atoms with Crippen LogP contribution in [0.25, 0.3) is 0 Å². The second-order valence-electron chi connectivity index (χ2n) is 9.32. The molecule has 220 valence electrons. The van der Waals surface area contributed by atoms with E-state index in [9.17, 15) is 0 Å². The quantitative estimate of drug-likeness (QED) is 0.350. The van der Waals surface area contributed by atoms with E-state index in [2.05, 4.69) is 0 Å². The number of halogens is 4. The Morgan fingerprint density at radius 1 is 0.417 bits per heavy atom. The van der Waals surface area contributed by atoms with E-state index in [-0.39, 0.29) is 79.0 Å². The molecule has 1 rings (SSSR count). The van der Waals surface area contributed by atoms with Gasteiger partial charge < -0.3 is 0 Å². The normalized spacial score (nSPS) is 23.2. The van der Waals surface area contributed by atoms with E-state index in [0.29, 0.717) is 0 Å². The van der Waals surface area contributed by atoms with Crippen molar-refractivity contribution in [3.8, 4) is 0 Å². The zero-order valence-electron chi connectivity index (χ0n) is 23.2. The average molecular weight is 575 g/mol. The molecule has 1 heterocycles. The van der Waals surface area contributed by atoms with Crippen LogP contribution in [0, 0.1) is 0 Å². The first kappa shape index (κ1) is 34.2. The van der Waals surface area contributed by atoms with Crippen molar-refractivity contribution in [1.29, 1.82) is 0 Å². The Balaban J connectivity index is 2.90. The molecule has 0 aliphatic carbocycles. The van der Waals surface area contributed by atoms with Crippen LogP contribution in [-0.4, -0.2) is 163 Å². The van der Waals surface area contributed by atoms with Gasteiger partial charge in [-0.3, -0.25) is 0 Å². The molecule has 0 spiro atoms. The van der Waals surface area contributed by atoms with E-state index in [1.54, 1.807) is 0 Å². The summed E-state index contributed by atoms with van der Waals surface area (Å²) in [6.45, 7) is 0.944. The topological polar surface area (TPSA) is 56.4 Å². The van der Waals surface area contributed by atoms with Gasteiger partial charge in [0.2, 0.25) is 0 Å². The number of ether oxygens (including phenoxy) is 4. The predicted molar refractivity (Wildman–Crippen MR) is 139 cm³/mol. The van der Waals surface area contributed by atoms with Gasteiger partial charge in [-0.2, -0.15) is 0 Å². The zero-order chi connectivity index (χ0) is 27.7. The van der Waals surface area contributed by atoms with E-state index >= 15 is 16.8 Å². The van der Waals surface area contributed by atoms with Crippen LogP contribution in [0.3, 0.4) is 0 Å². The van der Waals surface area contributed by atoms with Crippen molar-refractivity contribution in [2.45, 2.75) is 0 Å². The maximum atomic E-state index is 16.0. The molecule has 0 atom stereocenters. The van der Waals surface area contributed by atoms with Crippen molar-refractivity contribution < 1.29 is 35.7 Å². The van der Waals surface area contributed by atoms with Gasteiger partial charge in [-0.1, -0.05) is 0 Å². The number of rotatable bonds is 6. The molecule has 1 fully saturated rings. The third-order valence-corrected chi connectivity index (χ3v) is 14.2. The van der Waals surface area contributed by atoms with Crippen LogP contribution in [0.2, 0.25) is 0 Å². The van der Waals surface area contributed by atoms with E-state index in [1.165, 1.54) is 56.4 Å². The van der Waals surface area contributed by atoms with Gasteiger partial charge in [0.15, 0.2) is 0 Å². The van der Waals surface area contributed by atoms with Gasteiger partial charge in [-0.25, -0.2) is 0 Å². The molecule has 1 saturated heterocycles. The van der Waals surface area contributed by atoms with Gasteiger partial charge in [-0.15, -0.1) is 0 Å². The van der Waals surface area contributed by atoms with Crippen molar-refractivity contribution in [2.24, 2.45) is 0 Å². The molecule has 1 aliphatic heterocycles. The van der Waals surface area contributed by atoms with Crippen molar-refractivity contribution >= 4 is 15.4 Å². The summed E-state index contributed by atoms with van der Waals surface area (Å²) in [6.07, 6.45) is 0. The average Bonchev–Trinajstić information content (AvgIpc) is 2.78. The number of hydrogen-bond donors (Lipinski definition) is 0. The SMILES string of the molecule is CN(C)P(F)(F)(N(C)C)N1CCOCCOCCN(P(F)(F)(N(C)C)N(C)C)CCOCCOCC1. The summed E-state index contributed by atoms with van der Waals surface area (Å²) in [7, 11) is -0.0683. The molecule has 36 heavy (non-hydrogen) atoms. The number of nitrogens with zero attached hydrogens (tertiary/aromatic N) is 6. The van der Waals surface area contributed by atoms with Crippen LogP contribution in [0.5, 0.6) is 0 Å². The van der Waals surface area contributed by atoms with Crippen LogP contribution in [-0.2, 0) is 18.9 Å². The molecular weight excluding hydrogens is 526 g/mol. The van der Waals surface area contributed by atoms with Gasteiger partial charge in [0.05, 0.1) is 0 Å². The summed E-state index contributed by atoms with van der Waals surface area (Å²) >= 11 is 0.